The van der Waals surface area contributed by atoms with E-state index in [1.165, 1.54) is 25.1 Å². The van der Waals surface area contributed by atoms with Crippen molar-refractivity contribution in [3.8, 4) is 6.01 Å². The fourth-order valence-electron chi connectivity index (χ4n) is 1.13. The van der Waals surface area contributed by atoms with Gasteiger partial charge in [0.1, 0.15) is 6.26 Å². The average molecular weight is 267 g/mol. The molecular formula is C10H13N5O2S. The molecule has 18 heavy (non-hydrogen) atoms. The van der Waals surface area contributed by atoms with E-state index in [0.717, 1.165) is 13.0 Å². The minimum absolute atomic E-state index is 0.262. The number of anilines is 1. The van der Waals surface area contributed by atoms with Gasteiger partial charge in [0.05, 0.1) is 13.3 Å². The Labute approximate surface area is 108 Å². The first-order valence-electron chi connectivity index (χ1n) is 5.43. The van der Waals surface area contributed by atoms with Gasteiger partial charge < -0.3 is 14.5 Å². The van der Waals surface area contributed by atoms with Gasteiger partial charge in [-0.2, -0.15) is 15.0 Å². The predicted molar refractivity (Wildman–Crippen MR) is 65.8 cm³/mol. The Kier molecular flexibility index (Phi) is 4.35. The normalized spacial score (nSPS) is 10.3. The smallest absolute Gasteiger partial charge is 0.321 e. The number of hydrogen-bond acceptors (Lipinski definition) is 8. The summed E-state index contributed by atoms with van der Waals surface area (Å²) in [5, 5.41) is 4.03. The van der Waals surface area contributed by atoms with Crippen LogP contribution < -0.4 is 10.1 Å². The lowest BCUT2D eigenvalue weighted by Gasteiger charge is -2.05. The van der Waals surface area contributed by atoms with E-state index >= 15 is 0 Å². The van der Waals surface area contributed by atoms with Crippen LogP contribution in [0.4, 0.5) is 5.95 Å². The first kappa shape index (κ1) is 12.6. The molecule has 0 spiro atoms. The van der Waals surface area contributed by atoms with Gasteiger partial charge in [-0.05, 0) is 6.42 Å². The SMILES string of the molecule is CCCNc1nc(OC)nc(Sc2ncco2)n1. The van der Waals surface area contributed by atoms with Crippen molar-refractivity contribution in [1.29, 1.82) is 0 Å². The number of oxazole rings is 1. The molecule has 2 rings (SSSR count). The summed E-state index contributed by atoms with van der Waals surface area (Å²) >= 11 is 1.21. The third kappa shape index (κ3) is 3.33. The lowest BCUT2D eigenvalue weighted by atomic mass is 10.5. The summed E-state index contributed by atoms with van der Waals surface area (Å²) < 4.78 is 10.2. The van der Waals surface area contributed by atoms with E-state index < -0.39 is 0 Å². The molecule has 2 aromatic rings. The van der Waals surface area contributed by atoms with Crippen molar-refractivity contribution in [1.82, 2.24) is 19.9 Å². The lowest BCUT2D eigenvalue weighted by molar-refractivity contribution is 0.373. The zero-order chi connectivity index (χ0) is 12.8. The van der Waals surface area contributed by atoms with Crippen molar-refractivity contribution in [3.63, 3.8) is 0 Å². The van der Waals surface area contributed by atoms with Crippen LogP contribution in [0.5, 0.6) is 6.01 Å². The molecule has 0 saturated carbocycles. The van der Waals surface area contributed by atoms with Crippen LogP contribution in [0.3, 0.4) is 0 Å². The van der Waals surface area contributed by atoms with Gasteiger partial charge in [0.2, 0.25) is 11.1 Å². The maximum Gasteiger partial charge on any atom is 0.321 e. The highest BCUT2D eigenvalue weighted by atomic mass is 32.2. The summed E-state index contributed by atoms with van der Waals surface area (Å²) in [4.78, 5) is 16.4. The summed E-state index contributed by atoms with van der Waals surface area (Å²) in [7, 11) is 1.51. The van der Waals surface area contributed by atoms with Gasteiger partial charge in [-0.25, -0.2) is 4.98 Å². The van der Waals surface area contributed by atoms with Crippen LogP contribution in [0.25, 0.3) is 0 Å². The second-order valence-electron chi connectivity index (χ2n) is 3.26. The minimum atomic E-state index is 0.262. The molecule has 0 aliphatic rings. The molecule has 0 unspecified atom stereocenters. The fraction of sp³-hybridized carbons (Fsp3) is 0.400. The molecule has 7 nitrogen and oxygen atoms in total. The summed E-state index contributed by atoms with van der Waals surface area (Å²) in [5.74, 6) is 0.484. The molecule has 96 valence electrons. The van der Waals surface area contributed by atoms with Crippen molar-refractivity contribution in [2.75, 3.05) is 19.0 Å². The third-order valence-electron chi connectivity index (χ3n) is 1.90. The summed E-state index contributed by atoms with van der Waals surface area (Å²) in [5.41, 5.74) is 0. The molecule has 8 heteroatoms. The standard InChI is InChI=1S/C10H13N5O2S/c1-3-4-11-7-13-8(16-2)15-9(14-7)18-10-12-5-6-17-10/h5-6H,3-4H2,1-2H3,(H,11,13,14,15). The van der Waals surface area contributed by atoms with E-state index in [4.69, 9.17) is 9.15 Å². The minimum Gasteiger partial charge on any atom is -0.467 e. The van der Waals surface area contributed by atoms with E-state index in [2.05, 4.69) is 32.2 Å². The number of rotatable bonds is 6. The van der Waals surface area contributed by atoms with Gasteiger partial charge in [-0.1, -0.05) is 6.92 Å². The van der Waals surface area contributed by atoms with Gasteiger partial charge in [0.25, 0.3) is 5.22 Å². The topological polar surface area (TPSA) is 86.0 Å². The zero-order valence-electron chi connectivity index (χ0n) is 10.1. The molecule has 0 aliphatic carbocycles. The van der Waals surface area contributed by atoms with Gasteiger partial charge in [-0.3, -0.25) is 0 Å². The van der Waals surface area contributed by atoms with Gasteiger partial charge >= 0.3 is 6.01 Å². The third-order valence-corrected chi connectivity index (χ3v) is 2.64. The van der Waals surface area contributed by atoms with Crippen LogP contribution >= 0.6 is 11.8 Å². The quantitative estimate of drug-likeness (QED) is 0.848. The zero-order valence-corrected chi connectivity index (χ0v) is 10.9. The summed E-state index contributed by atoms with van der Waals surface area (Å²) in [6, 6.07) is 0.262. The second-order valence-corrected chi connectivity index (χ2v) is 4.17. The first-order chi connectivity index (χ1) is 8.81. The molecule has 0 bridgehead atoms. The van der Waals surface area contributed by atoms with Gasteiger partial charge in [0.15, 0.2) is 0 Å². The Morgan fingerprint density at radius 3 is 2.94 bits per heavy atom. The van der Waals surface area contributed by atoms with Crippen LogP contribution in [0.2, 0.25) is 0 Å². The first-order valence-corrected chi connectivity index (χ1v) is 6.24. The maximum absolute atomic E-state index is 5.12. The van der Waals surface area contributed by atoms with E-state index in [0.29, 0.717) is 16.3 Å². The highest BCUT2D eigenvalue weighted by molar-refractivity contribution is 7.98. The number of aromatic nitrogens is 4. The van der Waals surface area contributed by atoms with Gasteiger partial charge in [0, 0.05) is 18.3 Å². The molecule has 0 atom stereocenters. The Hall–Kier alpha value is -1.83. The molecule has 0 aromatic carbocycles. The highest BCUT2D eigenvalue weighted by Crippen LogP contribution is 2.24. The Balaban J connectivity index is 2.17. The van der Waals surface area contributed by atoms with Crippen LogP contribution in [0.1, 0.15) is 13.3 Å². The van der Waals surface area contributed by atoms with Crippen molar-refractivity contribution in [3.05, 3.63) is 12.5 Å². The van der Waals surface area contributed by atoms with Crippen LogP contribution in [-0.2, 0) is 0 Å². The number of ether oxygens (including phenoxy) is 1. The van der Waals surface area contributed by atoms with E-state index in [-0.39, 0.29) is 6.01 Å². The molecule has 2 aromatic heterocycles. The Morgan fingerprint density at radius 1 is 1.39 bits per heavy atom. The molecule has 0 fully saturated rings. The van der Waals surface area contributed by atoms with E-state index in [9.17, 15) is 0 Å². The summed E-state index contributed by atoms with van der Waals surface area (Å²) in [6.45, 7) is 2.85. The van der Waals surface area contributed by atoms with E-state index in [1.807, 2.05) is 0 Å². The highest BCUT2D eigenvalue weighted by Gasteiger charge is 2.10. The Morgan fingerprint density at radius 2 is 2.28 bits per heavy atom. The molecule has 0 aliphatic heterocycles. The molecule has 1 N–H and O–H groups in total. The monoisotopic (exact) mass is 267 g/mol. The lowest BCUT2D eigenvalue weighted by Crippen LogP contribution is -2.07. The summed E-state index contributed by atoms with van der Waals surface area (Å²) in [6.07, 6.45) is 4.05. The van der Waals surface area contributed by atoms with E-state index in [1.54, 1.807) is 6.20 Å². The molecule has 0 radical (unpaired) electrons. The van der Waals surface area contributed by atoms with Crippen LogP contribution in [0, 0.1) is 0 Å². The fourth-order valence-corrected chi connectivity index (χ4v) is 1.76. The van der Waals surface area contributed by atoms with Crippen molar-refractivity contribution < 1.29 is 9.15 Å². The number of nitrogens with one attached hydrogen (secondary N) is 1. The predicted octanol–water partition coefficient (Wildman–Crippen LogP) is 1.84. The molecule has 2 heterocycles. The second kappa shape index (κ2) is 6.20. The van der Waals surface area contributed by atoms with Crippen molar-refractivity contribution >= 4 is 17.7 Å². The average Bonchev–Trinajstić information content (AvgIpc) is 2.89. The Bertz CT molecular complexity index is 491. The number of methoxy groups -OCH3 is 1. The van der Waals surface area contributed by atoms with Crippen LogP contribution in [0.15, 0.2) is 27.3 Å². The molecular weight excluding hydrogens is 254 g/mol. The molecule has 0 saturated heterocycles. The van der Waals surface area contributed by atoms with Gasteiger partial charge in [-0.15, -0.1) is 0 Å². The van der Waals surface area contributed by atoms with Crippen LogP contribution in [-0.4, -0.2) is 33.6 Å². The molecule has 0 amide bonds. The number of nitrogens with zero attached hydrogens (tertiary/aromatic N) is 4. The number of hydrogen-bond donors (Lipinski definition) is 1. The maximum atomic E-state index is 5.12. The van der Waals surface area contributed by atoms with Crippen molar-refractivity contribution in [2.45, 2.75) is 23.7 Å². The van der Waals surface area contributed by atoms with Crippen molar-refractivity contribution in [2.24, 2.45) is 0 Å². The largest absolute Gasteiger partial charge is 0.467 e.